The molecule has 19 heavy (non-hydrogen) atoms. The molecule has 1 atom stereocenters. The molecular weight excluding hydrogens is 287 g/mol. The number of sulfonamides is 1. The van der Waals surface area contributed by atoms with Crippen molar-refractivity contribution in [2.45, 2.75) is 30.4 Å². The summed E-state index contributed by atoms with van der Waals surface area (Å²) in [6.07, 6.45) is 2.68. The first-order valence-electron chi connectivity index (χ1n) is 5.86. The Morgan fingerprint density at radius 1 is 1.47 bits per heavy atom. The Bertz CT molecular complexity index is 547. The minimum Gasteiger partial charge on any atom is -0.399 e. The number of benzene rings is 1. The molecular formula is C12H19FN2O2S2. The van der Waals surface area contributed by atoms with Crippen LogP contribution in [0.3, 0.4) is 0 Å². The van der Waals surface area contributed by atoms with E-state index in [1.165, 1.54) is 13.0 Å². The minimum absolute atomic E-state index is 0.0830. The van der Waals surface area contributed by atoms with Crippen LogP contribution in [0.2, 0.25) is 0 Å². The molecule has 0 saturated carbocycles. The van der Waals surface area contributed by atoms with E-state index in [0.717, 1.165) is 6.07 Å². The van der Waals surface area contributed by atoms with Gasteiger partial charge in [0, 0.05) is 23.0 Å². The second-order valence-corrected chi connectivity index (χ2v) is 7.37. The lowest BCUT2D eigenvalue weighted by Crippen LogP contribution is -2.27. The second kappa shape index (κ2) is 6.58. The predicted octanol–water partition coefficient (Wildman–Crippen LogP) is 2.14. The highest BCUT2D eigenvalue weighted by Crippen LogP contribution is 2.21. The van der Waals surface area contributed by atoms with Crippen molar-refractivity contribution >= 4 is 27.5 Å². The quantitative estimate of drug-likeness (QED) is 0.790. The van der Waals surface area contributed by atoms with Gasteiger partial charge < -0.3 is 5.73 Å². The maximum absolute atomic E-state index is 13.5. The van der Waals surface area contributed by atoms with Gasteiger partial charge in [0.05, 0.1) is 4.90 Å². The van der Waals surface area contributed by atoms with Crippen molar-refractivity contribution in [2.75, 3.05) is 18.5 Å². The van der Waals surface area contributed by atoms with Crippen LogP contribution in [0, 0.1) is 12.7 Å². The van der Waals surface area contributed by atoms with Gasteiger partial charge in [-0.05, 0) is 31.7 Å². The van der Waals surface area contributed by atoms with Gasteiger partial charge in [-0.25, -0.2) is 17.5 Å². The Balaban J connectivity index is 2.89. The van der Waals surface area contributed by atoms with E-state index in [4.69, 9.17) is 5.73 Å². The van der Waals surface area contributed by atoms with E-state index >= 15 is 0 Å². The summed E-state index contributed by atoms with van der Waals surface area (Å²) in [5.41, 5.74) is 5.67. The molecule has 0 bridgehead atoms. The summed E-state index contributed by atoms with van der Waals surface area (Å²) in [6.45, 7) is 3.76. The van der Waals surface area contributed by atoms with Gasteiger partial charge in [-0.2, -0.15) is 11.8 Å². The van der Waals surface area contributed by atoms with Gasteiger partial charge in [0.15, 0.2) is 0 Å². The number of nitrogens with one attached hydrogen (secondary N) is 1. The fraction of sp³-hybridized carbons (Fsp3) is 0.500. The average molecular weight is 306 g/mol. The van der Waals surface area contributed by atoms with Crippen LogP contribution < -0.4 is 10.5 Å². The topological polar surface area (TPSA) is 72.2 Å². The van der Waals surface area contributed by atoms with Crippen LogP contribution in [0.25, 0.3) is 0 Å². The van der Waals surface area contributed by atoms with Crippen molar-refractivity contribution in [3.63, 3.8) is 0 Å². The van der Waals surface area contributed by atoms with Crippen LogP contribution in [0.1, 0.15) is 18.9 Å². The monoisotopic (exact) mass is 306 g/mol. The minimum atomic E-state index is -3.72. The van der Waals surface area contributed by atoms with Gasteiger partial charge in [-0.3, -0.25) is 0 Å². The number of rotatable bonds is 6. The maximum atomic E-state index is 13.5. The summed E-state index contributed by atoms with van der Waals surface area (Å²) < 4.78 is 40.1. The summed E-state index contributed by atoms with van der Waals surface area (Å²) in [4.78, 5) is -0.0956. The summed E-state index contributed by atoms with van der Waals surface area (Å²) >= 11 is 1.66. The molecule has 0 saturated heterocycles. The molecule has 3 N–H and O–H groups in total. The van der Waals surface area contributed by atoms with Crippen molar-refractivity contribution in [1.82, 2.24) is 4.72 Å². The van der Waals surface area contributed by atoms with Crippen molar-refractivity contribution in [3.8, 4) is 0 Å². The van der Waals surface area contributed by atoms with Crippen LogP contribution in [0.4, 0.5) is 10.1 Å². The molecule has 0 aliphatic heterocycles. The zero-order valence-electron chi connectivity index (χ0n) is 11.2. The predicted molar refractivity (Wildman–Crippen MR) is 78.3 cm³/mol. The first-order chi connectivity index (χ1) is 8.77. The van der Waals surface area contributed by atoms with Gasteiger partial charge in [-0.15, -0.1) is 0 Å². The van der Waals surface area contributed by atoms with Crippen molar-refractivity contribution < 1.29 is 12.8 Å². The van der Waals surface area contributed by atoms with E-state index in [-0.39, 0.29) is 16.1 Å². The SMILES string of the molecule is CSC(C)CCNS(=O)(=O)c1cc(N)cc(F)c1C. The third kappa shape index (κ3) is 4.36. The Morgan fingerprint density at radius 3 is 2.68 bits per heavy atom. The molecule has 0 aliphatic rings. The highest BCUT2D eigenvalue weighted by Gasteiger charge is 2.19. The van der Waals surface area contributed by atoms with Crippen LogP contribution in [-0.4, -0.2) is 26.5 Å². The van der Waals surface area contributed by atoms with Crippen LogP contribution in [0.15, 0.2) is 17.0 Å². The molecule has 0 fully saturated rings. The summed E-state index contributed by atoms with van der Waals surface area (Å²) in [6, 6.07) is 2.39. The van der Waals surface area contributed by atoms with Gasteiger partial charge in [0.1, 0.15) is 5.82 Å². The Kier molecular flexibility index (Phi) is 5.64. The van der Waals surface area contributed by atoms with Crippen molar-refractivity contribution in [3.05, 3.63) is 23.5 Å². The molecule has 1 aromatic carbocycles. The molecule has 0 amide bonds. The standard InChI is InChI=1S/C12H19FN2O2S2/c1-8(18-3)4-5-15-19(16,17)12-7-10(14)6-11(13)9(12)2/h6-8,15H,4-5,14H2,1-3H3. The fourth-order valence-corrected chi connectivity index (χ4v) is 3.23. The molecule has 1 aromatic rings. The zero-order valence-corrected chi connectivity index (χ0v) is 12.9. The molecule has 0 spiro atoms. The Hall–Kier alpha value is -0.790. The van der Waals surface area contributed by atoms with E-state index < -0.39 is 15.8 Å². The lowest BCUT2D eigenvalue weighted by Gasteiger charge is -2.12. The van der Waals surface area contributed by atoms with E-state index in [1.54, 1.807) is 11.8 Å². The summed E-state index contributed by atoms with van der Waals surface area (Å²) in [5, 5.41) is 0.362. The number of halogens is 1. The highest BCUT2D eigenvalue weighted by atomic mass is 32.2. The van der Waals surface area contributed by atoms with E-state index in [0.29, 0.717) is 18.2 Å². The van der Waals surface area contributed by atoms with Crippen LogP contribution >= 0.6 is 11.8 Å². The zero-order chi connectivity index (χ0) is 14.6. The lowest BCUT2D eigenvalue weighted by molar-refractivity contribution is 0.572. The largest absolute Gasteiger partial charge is 0.399 e. The molecule has 0 aliphatic carbocycles. The van der Waals surface area contributed by atoms with E-state index in [1.807, 2.05) is 13.2 Å². The van der Waals surface area contributed by atoms with E-state index in [9.17, 15) is 12.8 Å². The summed E-state index contributed by atoms with van der Waals surface area (Å²) in [7, 11) is -3.72. The van der Waals surface area contributed by atoms with Gasteiger partial charge in [0.2, 0.25) is 10.0 Å². The molecule has 0 aromatic heterocycles. The third-order valence-corrected chi connectivity index (χ3v) is 5.48. The molecule has 7 heteroatoms. The highest BCUT2D eigenvalue weighted by molar-refractivity contribution is 7.99. The smallest absolute Gasteiger partial charge is 0.241 e. The molecule has 1 rings (SSSR count). The third-order valence-electron chi connectivity index (χ3n) is 2.85. The maximum Gasteiger partial charge on any atom is 0.241 e. The molecule has 0 heterocycles. The fourth-order valence-electron chi connectivity index (χ4n) is 1.54. The number of hydrogen-bond donors (Lipinski definition) is 2. The number of anilines is 1. The molecule has 4 nitrogen and oxygen atoms in total. The summed E-state index contributed by atoms with van der Waals surface area (Å²) in [5.74, 6) is -0.613. The molecule has 1 unspecified atom stereocenters. The molecule has 0 radical (unpaired) electrons. The normalized spacial score (nSPS) is 13.5. The number of nitrogens with two attached hydrogens (primary N) is 1. The van der Waals surface area contributed by atoms with Crippen LogP contribution in [-0.2, 0) is 10.0 Å². The second-order valence-electron chi connectivity index (χ2n) is 4.36. The number of hydrogen-bond acceptors (Lipinski definition) is 4. The Labute approximate surface area is 118 Å². The van der Waals surface area contributed by atoms with Gasteiger partial charge >= 0.3 is 0 Å². The van der Waals surface area contributed by atoms with Crippen molar-refractivity contribution in [2.24, 2.45) is 0 Å². The number of nitrogen functional groups attached to an aromatic ring is 1. The Morgan fingerprint density at radius 2 is 2.11 bits per heavy atom. The first kappa shape index (κ1) is 16.3. The van der Waals surface area contributed by atoms with Crippen LogP contribution in [0.5, 0.6) is 0 Å². The average Bonchev–Trinajstić information content (AvgIpc) is 2.33. The molecule has 108 valence electrons. The van der Waals surface area contributed by atoms with Crippen molar-refractivity contribution in [1.29, 1.82) is 0 Å². The first-order valence-corrected chi connectivity index (χ1v) is 8.63. The number of thioether (sulfide) groups is 1. The lowest BCUT2D eigenvalue weighted by atomic mass is 10.2. The van der Waals surface area contributed by atoms with E-state index in [2.05, 4.69) is 4.72 Å². The van der Waals surface area contributed by atoms with Gasteiger partial charge in [-0.1, -0.05) is 6.92 Å². The van der Waals surface area contributed by atoms with Gasteiger partial charge in [0.25, 0.3) is 0 Å².